The number of nitrogens with zero attached hydrogens (tertiary/aromatic N) is 2. The van der Waals surface area contributed by atoms with E-state index in [1.54, 1.807) is 0 Å². The van der Waals surface area contributed by atoms with E-state index in [1.807, 2.05) is 23.5 Å². The van der Waals surface area contributed by atoms with Crippen LogP contribution >= 0.6 is 11.3 Å². The van der Waals surface area contributed by atoms with Gasteiger partial charge in [-0.3, -0.25) is 0 Å². The van der Waals surface area contributed by atoms with Gasteiger partial charge in [-0.25, -0.2) is 0 Å². The standard InChI is InChI=1S/C65H44N2OS/c1-65(2)57-25-13-11-21-49(57)50-36-33-46(39-58(50)65)66(43-16-5-3-6-17-43)47-34-37-55-61(40-47)69-64-54-35-30-42(38-56(54)48-20-9-10-23-52(48)62(55)64)41-28-31-45(32-29-41)67(44-18-7-4-8-19-44)59-26-15-24-53-51-22-12-14-27-60(51)68-63(53)59/h3-40H,1-2H3. The van der Waals surface area contributed by atoms with Crippen LogP contribution in [0.15, 0.2) is 235 Å². The van der Waals surface area contributed by atoms with Gasteiger partial charge in [0.1, 0.15) is 5.58 Å². The van der Waals surface area contributed by atoms with Crippen molar-refractivity contribution in [3.63, 3.8) is 0 Å². The van der Waals surface area contributed by atoms with Crippen LogP contribution in [0.5, 0.6) is 0 Å². The summed E-state index contributed by atoms with van der Waals surface area (Å²) in [6, 6.07) is 84.1. The summed E-state index contributed by atoms with van der Waals surface area (Å²) in [5.74, 6) is 0. The molecule has 69 heavy (non-hydrogen) atoms. The molecule has 0 amide bonds. The van der Waals surface area contributed by atoms with Gasteiger partial charge in [0.05, 0.1) is 5.69 Å². The minimum absolute atomic E-state index is 0.0960. The third-order valence-electron chi connectivity index (χ3n) is 14.6. The van der Waals surface area contributed by atoms with Crippen LogP contribution in [0.25, 0.3) is 85.9 Å². The summed E-state index contributed by atoms with van der Waals surface area (Å²) >= 11 is 1.90. The van der Waals surface area contributed by atoms with Crippen molar-refractivity contribution in [1.82, 2.24) is 0 Å². The quantitative estimate of drug-likeness (QED) is 0.149. The summed E-state index contributed by atoms with van der Waals surface area (Å²) in [4.78, 5) is 4.73. The maximum absolute atomic E-state index is 6.56. The highest BCUT2D eigenvalue weighted by molar-refractivity contribution is 7.27. The molecule has 0 saturated heterocycles. The molecule has 0 N–H and O–H groups in total. The number of fused-ring (bicyclic) bond motifs is 14. The maximum Gasteiger partial charge on any atom is 0.159 e. The zero-order valence-electron chi connectivity index (χ0n) is 38.2. The molecule has 0 aliphatic heterocycles. The van der Waals surface area contributed by atoms with Crippen molar-refractivity contribution in [2.45, 2.75) is 19.3 Å². The molecular formula is C65H44N2OS. The van der Waals surface area contributed by atoms with Crippen molar-refractivity contribution >= 4 is 109 Å². The van der Waals surface area contributed by atoms with Crippen LogP contribution in [0.3, 0.4) is 0 Å². The van der Waals surface area contributed by atoms with Gasteiger partial charge in [-0.05, 0) is 128 Å². The number of thiophene rings is 1. The Kier molecular flexibility index (Phi) is 8.80. The average Bonchev–Trinajstić information content (AvgIpc) is 4.05. The maximum atomic E-state index is 6.56. The summed E-state index contributed by atoms with van der Waals surface area (Å²) < 4.78 is 9.16. The first-order valence-electron chi connectivity index (χ1n) is 23.7. The lowest BCUT2D eigenvalue weighted by Gasteiger charge is -2.28. The Labute approximate surface area is 404 Å². The molecule has 0 unspecified atom stereocenters. The molecule has 326 valence electrons. The smallest absolute Gasteiger partial charge is 0.159 e. The first kappa shape index (κ1) is 39.7. The van der Waals surface area contributed by atoms with Crippen LogP contribution in [0, 0.1) is 0 Å². The van der Waals surface area contributed by atoms with E-state index in [4.69, 9.17) is 4.42 Å². The summed E-state index contributed by atoms with van der Waals surface area (Å²) in [6.45, 7) is 4.72. The Morgan fingerprint density at radius 1 is 0.377 bits per heavy atom. The molecule has 1 aliphatic carbocycles. The Hall–Kier alpha value is -8.44. The van der Waals surface area contributed by atoms with E-state index < -0.39 is 0 Å². The number of anilines is 6. The Balaban J connectivity index is 0.874. The number of benzene rings is 11. The van der Waals surface area contributed by atoms with Gasteiger partial charge in [0.15, 0.2) is 5.58 Å². The number of hydrogen-bond donors (Lipinski definition) is 0. The van der Waals surface area contributed by atoms with Crippen molar-refractivity contribution < 1.29 is 4.42 Å². The number of rotatable bonds is 7. The molecule has 2 aromatic heterocycles. The normalized spacial score (nSPS) is 12.9. The summed E-state index contributed by atoms with van der Waals surface area (Å²) in [6.07, 6.45) is 0. The number of para-hydroxylation sites is 4. The highest BCUT2D eigenvalue weighted by Crippen LogP contribution is 2.52. The van der Waals surface area contributed by atoms with Crippen molar-refractivity contribution in [3.05, 3.63) is 242 Å². The first-order valence-corrected chi connectivity index (χ1v) is 24.6. The van der Waals surface area contributed by atoms with Crippen LogP contribution in [-0.4, -0.2) is 0 Å². The van der Waals surface area contributed by atoms with Crippen LogP contribution in [0.1, 0.15) is 25.0 Å². The van der Waals surface area contributed by atoms with E-state index in [-0.39, 0.29) is 5.41 Å². The largest absolute Gasteiger partial charge is 0.454 e. The molecule has 0 fully saturated rings. The second kappa shape index (κ2) is 15.3. The Morgan fingerprint density at radius 2 is 0.971 bits per heavy atom. The van der Waals surface area contributed by atoms with Gasteiger partial charge >= 0.3 is 0 Å². The molecule has 2 heterocycles. The second-order valence-electron chi connectivity index (χ2n) is 18.8. The molecule has 0 saturated carbocycles. The SMILES string of the molecule is CC1(C)c2ccccc2-c2ccc(N(c3ccccc3)c3ccc4c(c3)sc3c5ccc(-c6ccc(N(c7ccccc7)c7cccc8c7oc7ccccc78)cc6)cc5c5ccccc5c43)cc21. The monoisotopic (exact) mass is 900 g/mol. The molecule has 0 spiro atoms. The van der Waals surface area contributed by atoms with Gasteiger partial charge in [-0.15, -0.1) is 11.3 Å². The molecule has 11 aromatic carbocycles. The third-order valence-corrected chi connectivity index (χ3v) is 15.8. The minimum Gasteiger partial charge on any atom is -0.454 e. The predicted octanol–water partition coefficient (Wildman–Crippen LogP) is 19.2. The van der Waals surface area contributed by atoms with Crippen LogP contribution in [0.4, 0.5) is 34.1 Å². The molecule has 1 aliphatic rings. The van der Waals surface area contributed by atoms with Gasteiger partial charge in [0, 0.05) is 70.2 Å². The Bertz CT molecular complexity index is 4170. The van der Waals surface area contributed by atoms with E-state index in [1.165, 1.54) is 75.1 Å². The van der Waals surface area contributed by atoms with E-state index in [0.29, 0.717) is 0 Å². The fourth-order valence-electron chi connectivity index (χ4n) is 11.3. The lowest BCUT2D eigenvalue weighted by atomic mass is 9.82. The molecule has 14 rings (SSSR count). The summed E-state index contributed by atoms with van der Waals surface area (Å²) in [5, 5.41) is 9.94. The van der Waals surface area contributed by atoms with Crippen LogP contribution in [0.2, 0.25) is 0 Å². The Morgan fingerprint density at radius 3 is 1.78 bits per heavy atom. The van der Waals surface area contributed by atoms with Crippen LogP contribution in [-0.2, 0) is 5.41 Å². The number of hydrogen-bond acceptors (Lipinski definition) is 4. The molecule has 3 nitrogen and oxygen atoms in total. The molecule has 0 radical (unpaired) electrons. The zero-order chi connectivity index (χ0) is 45.8. The van der Waals surface area contributed by atoms with Crippen molar-refractivity contribution in [1.29, 1.82) is 0 Å². The fraction of sp³-hybridized carbons (Fsp3) is 0.0462. The van der Waals surface area contributed by atoms with E-state index in [0.717, 1.165) is 56.1 Å². The third kappa shape index (κ3) is 6.12. The van der Waals surface area contributed by atoms with Crippen LogP contribution < -0.4 is 9.80 Å². The van der Waals surface area contributed by atoms with E-state index in [2.05, 4.69) is 242 Å². The lowest BCUT2D eigenvalue weighted by molar-refractivity contribution is 0.660. The van der Waals surface area contributed by atoms with Gasteiger partial charge in [-0.1, -0.05) is 166 Å². The minimum atomic E-state index is -0.0960. The summed E-state index contributed by atoms with van der Waals surface area (Å²) in [5.41, 5.74) is 16.0. The summed E-state index contributed by atoms with van der Waals surface area (Å²) in [7, 11) is 0. The zero-order valence-corrected chi connectivity index (χ0v) is 39.0. The van der Waals surface area contributed by atoms with Gasteiger partial charge in [0.25, 0.3) is 0 Å². The van der Waals surface area contributed by atoms with Gasteiger partial charge in [0.2, 0.25) is 0 Å². The van der Waals surface area contributed by atoms with E-state index in [9.17, 15) is 0 Å². The highest BCUT2D eigenvalue weighted by atomic mass is 32.1. The van der Waals surface area contributed by atoms with Gasteiger partial charge in [-0.2, -0.15) is 0 Å². The van der Waals surface area contributed by atoms with Crippen molar-refractivity contribution in [2.24, 2.45) is 0 Å². The van der Waals surface area contributed by atoms with E-state index >= 15 is 0 Å². The lowest BCUT2D eigenvalue weighted by Crippen LogP contribution is -2.16. The fourth-order valence-corrected chi connectivity index (χ4v) is 12.6. The second-order valence-corrected chi connectivity index (χ2v) is 19.9. The molecule has 4 heteroatoms. The van der Waals surface area contributed by atoms with Gasteiger partial charge < -0.3 is 14.2 Å². The molecular weight excluding hydrogens is 857 g/mol. The molecule has 13 aromatic rings. The van der Waals surface area contributed by atoms with Crippen molar-refractivity contribution in [3.8, 4) is 22.3 Å². The highest BCUT2D eigenvalue weighted by Gasteiger charge is 2.36. The average molecular weight is 901 g/mol. The van der Waals surface area contributed by atoms with Crippen molar-refractivity contribution in [2.75, 3.05) is 9.80 Å². The number of furan rings is 1. The predicted molar refractivity (Wildman–Crippen MR) is 294 cm³/mol. The first-order chi connectivity index (χ1) is 34.0. The topological polar surface area (TPSA) is 19.6 Å². The molecule has 0 bridgehead atoms. The molecule has 0 atom stereocenters.